The molecule has 0 aromatic heterocycles. The van der Waals surface area contributed by atoms with E-state index in [9.17, 15) is 4.79 Å². The molecule has 1 amide bonds. The van der Waals surface area contributed by atoms with Gasteiger partial charge in [0, 0.05) is 0 Å². The second-order valence-corrected chi connectivity index (χ2v) is 5.22. The van der Waals surface area contributed by atoms with Gasteiger partial charge in [0.2, 0.25) is 0 Å². The number of aryl methyl sites for hydroxylation is 3. The van der Waals surface area contributed by atoms with E-state index in [1.54, 1.807) is 24.3 Å². The molecule has 0 aliphatic heterocycles. The fraction of sp³-hybridized carbons (Fsp3) is 0.222. The van der Waals surface area contributed by atoms with Crippen molar-refractivity contribution in [1.82, 2.24) is 0 Å². The summed E-state index contributed by atoms with van der Waals surface area (Å²) in [6, 6.07) is 13.0. The summed E-state index contributed by atoms with van der Waals surface area (Å²) in [4.78, 5) is 12.0. The van der Waals surface area contributed by atoms with E-state index < -0.39 is 0 Å². The number of nitrogens with zero attached hydrogens (tertiary/aromatic N) is 1. The van der Waals surface area contributed by atoms with Crippen LogP contribution in [0.25, 0.3) is 0 Å². The van der Waals surface area contributed by atoms with E-state index in [-0.39, 0.29) is 12.5 Å². The Labute approximate surface area is 130 Å². The maximum Gasteiger partial charge on any atom is 0.262 e. The number of hydrogen-bond donors (Lipinski definition) is 1. The monoisotopic (exact) mass is 294 g/mol. The van der Waals surface area contributed by atoms with Gasteiger partial charge in [-0.05, 0) is 44.0 Å². The molecule has 0 atom stereocenters. The molecule has 112 valence electrons. The van der Waals surface area contributed by atoms with E-state index in [4.69, 9.17) is 10.00 Å². The molecule has 4 nitrogen and oxygen atoms in total. The first-order chi connectivity index (χ1) is 10.5. The van der Waals surface area contributed by atoms with Gasteiger partial charge in [0.15, 0.2) is 6.61 Å². The van der Waals surface area contributed by atoms with Crippen molar-refractivity contribution in [3.05, 3.63) is 58.7 Å². The number of nitrogens with one attached hydrogen (secondary N) is 1. The average molecular weight is 294 g/mol. The topological polar surface area (TPSA) is 62.1 Å². The zero-order valence-corrected chi connectivity index (χ0v) is 12.9. The number of hydrogen-bond acceptors (Lipinski definition) is 3. The first-order valence-corrected chi connectivity index (χ1v) is 7.01. The quantitative estimate of drug-likeness (QED) is 0.938. The van der Waals surface area contributed by atoms with Crippen LogP contribution in [0.1, 0.15) is 22.3 Å². The predicted octanol–water partition coefficient (Wildman–Crippen LogP) is 3.50. The summed E-state index contributed by atoms with van der Waals surface area (Å²) in [5.41, 5.74) is 4.09. The van der Waals surface area contributed by atoms with Crippen molar-refractivity contribution in [3.63, 3.8) is 0 Å². The normalized spacial score (nSPS) is 9.91. The molecule has 4 heteroatoms. The molecule has 2 aromatic carbocycles. The Morgan fingerprint density at radius 1 is 1.18 bits per heavy atom. The zero-order chi connectivity index (χ0) is 16.1. The predicted molar refractivity (Wildman–Crippen MR) is 85.9 cm³/mol. The number of rotatable bonds is 4. The van der Waals surface area contributed by atoms with Crippen LogP contribution in [0, 0.1) is 32.1 Å². The van der Waals surface area contributed by atoms with E-state index in [0.717, 1.165) is 22.4 Å². The Morgan fingerprint density at radius 2 is 1.82 bits per heavy atom. The highest BCUT2D eigenvalue weighted by Crippen LogP contribution is 2.24. The molecule has 0 fully saturated rings. The summed E-state index contributed by atoms with van der Waals surface area (Å²) in [6.07, 6.45) is 0. The number of amides is 1. The van der Waals surface area contributed by atoms with Crippen LogP contribution in [0.3, 0.4) is 0 Å². The van der Waals surface area contributed by atoms with Gasteiger partial charge >= 0.3 is 0 Å². The van der Waals surface area contributed by atoms with Crippen molar-refractivity contribution in [2.45, 2.75) is 20.8 Å². The molecule has 0 heterocycles. The fourth-order valence-electron chi connectivity index (χ4n) is 2.41. The third-order valence-corrected chi connectivity index (χ3v) is 3.27. The lowest BCUT2D eigenvalue weighted by Gasteiger charge is -2.13. The van der Waals surface area contributed by atoms with E-state index >= 15 is 0 Å². The van der Waals surface area contributed by atoms with E-state index in [0.29, 0.717) is 11.3 Å². The van der Waals surface area contributed by atoms with Gasteiger partial charge in [-0.15, -0.1) is 0 Å². The van der Waals surface area contributed by atoms with Crippen LogP contribution in [-0.2, 0) is 4.79 Å². The highest BCUT2D eigenvalue weighted by molar-refractivity contribution is 5.93. The molecular weight excluding hydrogens is 276 g/mol. The minimum atomic E-state index is -0.290. The highest BCUT2D eigenvalue weighted by atomic mass is 16.5. The summed E-state index contributed by atoms with van der Waals surface area (Å²) < 4.78 is 5.64. The maximum atomic E-state index is 12.0. The molecular formula is C18H18N2O2. The van der Waals surface area contributed by atoms with E-state index in [2.05, 4.69) is 5.32 Å². The Morgan fingerprint density at radius 3 is 2.45 bits per heavy atom. The largest absolute Gasteiger partial charge is 0.483 e. The van der Waals surface area contributed by atoms with E-state index in [1.807, 2.05) is 39.0 Å². The smallest absolute Gasteiger partial charge is 0.262 e. The average Bonchev–Trinajstić information content (AvgIpc) is 2.46. The summed E-state index contributed by atoms with van der Waals surface area (Å²) in [5, 5.41) is 11.7. The second-order valence-electron chi connectivity index (χ2n) is 5.22. The van der Waals surface area contributed by atoms with Crippen LogP contribution in [-0.4, -0.2) is 12.5 Å². The Bertz CT molecular complexity index is 722. The number of para-hydroxylation sites is 1. The summed E-state index contributed by atoms with van der Waals surface area (Å²) in [5.74, 6) is 0.441. The molecule has 0 unspecified atom stereocenters. The minimum absolute atomic E-state index is 0.0928. The summed E-state index contributed by atoms with van der Waals surface area (Å²) >= 11 is 0. The van der Waals surface area contributed by atoms with Crippen LogP contribution >= 0.6 is 0 Å². The van der Waals surface area contributed by atoms with E-state index in [1.165, 1.54) is 0 Å². The minimum Gasteiger partial charge on any atom is -0.483 e. The SMILES string of the molecule is Cc1cc(C)c(OCC(=O)Nc2ccccc2C#N)c(C)c1. The Kier molecular flexibility index (Phi) is 4.80. The number of carbonyl (C=O) groups is 1. The van der Waals surface area contributed by atoms with Gasteiger partial charge in [-0.25, -0.2) is 0 Å². The van der Waals surface area contributed by atoms with Crippen LogP contribution in [0.5, 0.6) is 5.75 Å². The van der Waals surface area contributed by atoms with Gasteiger partial charge in [-0.3, -0.25) is 4.79 Å². The Balaban J connectivity index is 2.04. The number of anilines is 1. The molecule has 2 aromatic rings. The Hall–Kier alpha value is -2.80. The third-order valence-electron chi connectivity index (χ3n) is 3.27. The lowest BCUT2D eigenvalue weighted by Crippen LogP contribution is -2.21. The van der Waals surface area contributed by atoms with Crippen LogP contribution in [0.15, 0.2) is 36.4 Å². The summed E-state index contributed by atoms with van der Waals surface area (Å²) in [7, 11) is 0. The van der Waals surface area contributed by atoms with Gasteiger partial charge in [-0.2, -0.15) is 5.26 Å². The lowest BCUT2D eigenvalue weighted by molar-refractivity contribution is -0.118. The van der Waals surface area contributed by atoms with Crippen LogP contribution in [0.2, 0.25) is 0 Å². The highest BCUT2D eigenvalue weighted by Gasteiger charge is 2.10. The van der Waals surface area contributed by atoms with Crippen molar-refractivity contribution in [2.75, 3.05) is 11.9 Å². The fourth-order valence-corrected chi connectivity index (χ4v) is 2.41. The van der Waals surface area contributed by atoms with Crippen molar-refractivity contribution >= 4 is 11.6 Å². The van der Waals surface area contributed by atoms with Crippen molar-refractivity contribution in [1.29, 1.82) is 5.26 Å². The van der Waals surface area contributed by atoms with Gasteiger partial charge in [0.25, 0.3) is 5.91 Å². The van der Waals surface area contributed by atoms with Crippen LogP contribution < -0.4 is 10.1 Å². The molecule has 0 bridgehead atoms. The molecule has 0 aliphatic rings. The molecule has 2 rings (SSSR count). The van der Waals surface area contributed by atoms with Gasteiger partial charge in [0.1, 0.15) is 11.8 Å². The number of nitriles is 1. The third kappa shape index (κ3) is 3.64. The number of ether oxygens (including phenoxy) is 1. The first-order valence-electron chi connectivity index (χ1n) is 7.01. The molecule has 22 heavy (non-hydrogen) atoms. The molecule has 0 aliphatic carbocycles. The molecule has 0 spiro atoms. The van der Waals surface area contributed by atoms with Gasteiger partial charge in [0.05, 0.1) is 11.3 Å². The zero-order valence-electron chi connectivity index (χ0n) is 12.9. The first kappa shape index (κ1) is 15.6. The molecule has 1 N–H and O–H groups in total. The molecule has 0 radical (unpaired) electrons. The standard InChI is InChI=1S/C18H18N2O2/c1-12-8-13(2)18(14(3)9-12)22-11-17(21)20-16-7-5-4-6-15(16)10-19/h4-9H,11H2,1-3H3,(H,20,21). The summed E-state index contributed by atoms with van der Waals surface area (Å²) in [6.45, 7) is 5.84. The van der Waals surface area contributed by atoms with Gasteiger partial charge in [-0.1, -0.05) is 29.8 Å². The van der Waals surface area contributed by atoms with Crippen molar-refractivity contribution < 1.29 is 9.53 Å². The number of carbonyl (C=O) groups excluding carboxylic acids is 1. The van der Waals surface area contributed by atoms with Crippen LogP contribution in [0.4, 0.5) is 5.69 Å². The lowest BCUT2D eigenvalue weighted by atomic mass is 10.1. The maximum absolute atomic E-state index is 12.0. The number of benzene rings is 2. The molecule has 0 saturated heterocycles. The second kappa shape index (κ2) is 6.77. The van der Waals surface area contributed by atoms with Gasteiger partial charge < -0.3 is 10.1 Å². The van der Waals surface area contributed by atoms with Crippen molar-refractivity contribution in [3.8, 4) is 11.8 Å². The molecule has 0 saturated carbocycles. The van der Waals surface area contributed by atoms with Crippen molar-refractivity contribution in [2.24, 2.45) is 0 Å².